The molecule has 0 saturated carbocycles. The van der Waals surface area contributed by atoms with Crippen LogP contribution >= 0.6 is 11.3 Å². The van der Waals surface area contributed by atoms with E-state index in [0.717, 1.165) is 34.6 Å². The van der Waals surface area contributed by atoms with Crippen LogP contribution in [0.1, 0.15) is 10.4 Å². The summed E-state index contributed by atoms with van der Waals surface area (Å²) in [4.78, 5) is 18.0. The minimum atomic E-state index is -0.139. The van der Waals surface area contributed by atoms with Gasteiger partial charge in [0.1, 0.15) is 11.2 Å². The predicted octanol–water partition coefficient (Wildman–Crippen LogP) is -0.183. The zero-order chi connectivity index (χ0) is 10.4. The highest BCUT2D eigenvalue weighted by Crippen LogP contribution is 2.29. The third kappa shape index (κ3) is 1.18. The molecule has 0 bridgehead atoms. The van der Waals surface area contributed by atoms with Gasteiger partial charge < -0.3 is 11.2 Å². The van der Waals surface area contributed by atoms with Gasteiger partial charge in [-0.05, 0) is 18.5 Å². The van der Waals surface area contributed by atoms with E-state index < -0.39 is 0 Å². The first-order chi connectivity index (χ1) is 7.27. The van der Waals surface area contributed by atoms with Gasteiger partial charge in [-0.25, -0.2) is 9.66 Å². The topological polar surface area (TPSA) is 72.9 Å². The van der Waals surface area contributed by atoms with Crippen molar-refractivity contribution >= 4 is 21.6 Å². The van der Waals surface area contributed by atoms with Gasteiger partial charge in [-0.2, -0.15) is 0 Å². The van der Waals surface area contributed by atoms with Crippen molar-refractivity contribution in [3.05, 3.63) is 27.1 Å². The second-order valence-electron chi connectivity index (χ2n) is 3.57. The second-order valence-corrected chi connectivity index (χ2v) is 4.65. The van der Waals surface area contributed by atoms with E-state index in [1.165, 1.54) is 11.2 Å². The Morgan fingerprint density at radius 2 is 2.47 bits per heavy atom. The van der Waals surface area contributed by atoms with Gasteiger partial charge in [-0.1, -0.05) is 0 Å². The standard InChI is InChI=1S/C9H10N4OS/c10-13-4-12-8-7(9(13)14)5-1-2-11-3-6(5)15-8/h4,11H,1-3,10H2. The summed E-state index contributed by atoms with van der Waals surface area (Å²) in [5, 5.41) is 3.99. The number of hydrogen-bond donors (Lipinski definition) is 2. The van der Waals surface area contributed by atoms with Crippen LogP contribution in [0.25, 0.3) is 10.2 Å². The zero-order valence-electron chi connectivity index (χ0n) is 7.99. The van der Waals surface area contributed by atoms with Crippen molar-refractivity contribution in [3.8, 4) is 0 Å². The Kier molecular flexibility index (Phi) is 1.80. The molecule has 3 heterocycles. The highest BCUT2D eigenvalue weighted by atomic mass is 32.1. The Bertz CT molecular complexity index is 586. The molecule has 0 aliphatic carbocycles. The van der Waals surface area contributed by atoms with Crippen LogP contribution < -0.4 is 16.7 Å². The molecule has 0 aromatic carbocycles. The Labute approximate surface area is 89.5 Å². The SMILES string of the molecule is Nn1cnc2sc3c(c2c1=O)CCNC3. The van der Waals surface area contributed by atoms with E-state index in [0.29, 0.717) is 5.39 Å². The lowest BCUT2D eigenvalue weighted by Gasteiger charge is -2.11. The van der Waals surface area contributed by atoms with E-state index in [1.807, 2.05) is 0 Å². The number of nitrogen functional groups attached to an aromatic ring is 1. The first-order valence-corrected chi connectivity index (χ1v) is 5.56. The Morgan fingerprint density at radius 1 is 1.60 bits per heavy atom. The molecule has 2 aromatic rings. The smallest absolute Gasteiger partial charge is 0.280 e. The summed E-state index contributed by atoms with van der Waals surface area (Å²) in [5.41, 5.74) is 0.991. The lowest BCUT2D eigenvalue weighted by molar-refractivity contribution is 0.656. The number of fused-ring (bicyclic) bond motifs is 3. The van der Waals surface area contributed by atoms with Crippen LogP contribution in [-0.4, -0.2) is 16.2 Å². The molecule has 0 radical (unpaired) electrons. The molecule has 0 atom stereocenters. The van der Waals surface area contributed by atoms with Crippen molar-refractivity contribution in [2.75, 3.05) is 12.4 Å². The van der Waals surface area contributed by atoms with Crippen LogP contribution in [0.2, 0.25) is 0 Å². The molecular formula is C9H10N4OS. The van der Waals surface area contributed by atoms with E-state index in [2.05, 4.69) is 10.3 Å². The molecule has 0 unspecified atom stereocenters. The van der Waals surface area contributed by atoms with Gasteiger partial charge in [0, 0.05) is 11.4 Å². The first kappa shape index (κ1) is 8.87. The predicted molar refractivity (Wildman–Crippen MR) is 59.4 cm³/mol. The molecule has 1 aliphatic rings. The van der Waals surface area contributed by atoms with E-state index in [1.54, 1.807) is 11.3 Å². The average molecular weight is 222 g/mol. The van der Waals surface area contributed by atoms with Crippen molar-refractivity contribution in [2.24, 2.45) is 0 Å². The molecule has 0 spiro atoms. The Hall–Kier alpha value is -1.40. The summed E-state index contributed by atoms with van der Waals surface area (Å²) < 4.78 is 1.05. The third-order valence-corrected chi connectivity index (χ3v) is 3.80. The fraction of sp³-hybridized carbons (Fsp3) is 0.333. The van der Waals surface area contributed by atoms with E-state index in [4.69, 9.17) is 5.84 Å². The van der Waals surface area contributed by atoms with Gasteiger partial charge in [-0.3, -0.25) is 4.79 Å². The van der Waals surface area contributed by atoms with Crippen molar-refractivity contribution < 1.29 is 0 Å². The maximum Gasteiger partial charge on any atom is 0.280 e. The van der Waals surface area contributed by atoms with Crippen molar-refractivity contribution in [1.82, 2.24) is 15.0 Å². The number of thiophene rings is 1. The van der Waals surface area contributed by atoms with Crippen LogP contribution in [0.5, 0.6) is 0 Å². The highest BCUT2D eigenvalue weighted by molar-refractivity contribution is 7.18. The maximum absolute atomic E-state index is 11.8. The summed E-state index contributed by atoms with van der Waals surface area (Å²) >= 11 is 1.58. The van der Waals surface area contributed by atoms with E-state index >= 15 is 0 Å². The summed E-state index contributed by atoms with van der Waals surface area (Å²) in [6, 6.07) is 0. The molecule has 3 N–H and O–H groups in total. The lowest BCUT2D eigenvalue weighted by atomic mass is 10.1. The van der Waals surface area contributed by atoms with Crippen LogP contribution in [0.3, 0.4) is 0 Å². The van der Waals surface area contributed by atoms with Crippen molar-refractivity contribution in [1.29, 1.82) is 0 Å². The fourth-order valence-corrected chi connectivity index (χ4v) is 3.08. The summed E-state index contributed by atoms with van der Waals surface area (Å²) in [5.74, 6) is 5.51. The minimum absolute atomic E-state index is 0.139. The van der Waals surface area contributed by atoms with Crippen LogP contribution in [0, 0.1) is 0 Å². The molecule has 6 heteroatoms. The molecule has 0 saturated heterocycles. The first-order valence-electron chi connectivity index (χ1n) is 4.75. The largest absolute Gasteiger partial charge is 0.335 e. The molecule has 5 nitrogen and oxygen atoms in total. The Morgan fingerprint density at radius 3 is 3.33 bits per heavy atom. The van der Waals surface area contributed by atoms with Crippen molar-refractivity contribution in [2.45, 2.75) is 13.0 Å². The molecule has 78 valence electrons. The summed E-state index contributed by atoms with van der Waals surface area (Å²) in [6.45, 7) is 1.75. The van der Waals surface area contributed by atoms with Crippen LogP contribution in [-0.2, 0) is 13.0 Å². The van der Waals surface area contributed by atoms with Gasteiger partial charge in [0.05, 0.1) is 5.39 Å². The zero-order valence-corrected chi connectivity index (χ0v) is 8.80. The molecule has 0 fully saturated rings. The van der Waals surface area contributed by atoms with Crippen LogP contribution in [0.15, 0.2) is 11.1 Å². The van der Waals surface area contributed by atoms with Gasteiger partial charge in [0.15, 0.2) is 0 Å². The highest BCUT2D eigenvalue weighted by Gasteiger charge is 2.18. The monoisotopic (exact) mass is 222 g/mol. The fourth-order valence-electron chi connectivity index (χ4n) is 1.93. The van der Waals surface area contributed by atoms with E-state index in [-0.39, 0.29) is 5.56 Å². The normalized spacial score (nSPS) is 15.5. The second kappa shape index (κ2) is 3.04. The van der Waals surface area contributed by atoms with Gasteiger partial charge in [0.25, 0.3) is 5.56 Å². The minimum Gasteiger partial charge on any atom is -0.335 e. The molecule has 1 aliphatic heterocycles. The number of nitrogens with zero attached hydrogens (tertiary/aromatic N) is 2. The molecular weight excluding hydrogens is 212 g/mol. The molecule has 0 amide bonds. The lowest BCUT2D eigenvalue weighted by Crippen LogP contribution is -2.28. The van der Waals surface area contributed by atoms with Crippen LogP contribution in [0.4, 0.5) is 0 Å². The Balaban J connectivity index is 2.44. The van der Waals surface area contributed by atoms with Crippen molar-refractivity contribution in [3.63, 3.8) is 0 Å². The number of rotatable bonds is 0. The third-order valence-electron chi connectivity index (χ3n) is 2.66. The maximum atomic E-state index is 11.8. The van der Waals surface area contributed by atoms with Gasteiger partial charge >= 0.3 is 0 Å². The number of nitrogens with one attached hydrogen (secondary N) is 1. The average Bonchev–Trinajstić information content (AvgIpc) is 2.62. The summed E-state index contributed by atoms with van der Waals surface area (Å²) in [6.07, 6.45) is 2.26. The van der Waals surface area contributed by atoms with E-state index in [9.17, 15) is 4.79 Å². The number of aromatic nitrogens is 2. The number of nitrogens with two attached hydrogens (primary N) is 1. The quantitative estimate of drug-likeness (QED) is 0.606. The van der Waals surface area contributed by atoms with Gasteiger partial charge in [0.2, 0.25) is 0 Å². The number of hydrogen-bond acceptors (Lipinski definition) is 5. The molecule has 3 rings (SSSR count). The molecule has 2 aromatic heterocycles. The summed E-state index contributed by atoms with van der Waals surface area (Å²) in [7, 11) is 0. The molecule has 15 heavy (non-hydrogen) atoms. The van der Waals surface area contributed by atoms with Gasteiger partial charge in [-0.15, -0.1) is 11.3 Å².